The van der Waals surface area contributed by atoms with E-state index in [1.807, 2.05) is 0 Å². The van der Waals surface area contributed by atoms with Crippen molar-refractivity contribution in [2.75, 3.05) is 20.1 Å². The van der Waals surface area contributed by atoms with Gasteiger partial charge in [-0.3, -0.25) is 10.2 Å². The molecule has 0 aromatic heterocycles. The van der Waals surface area contributed by atoms with Gasteiger partial charge in [-0.15, -0.1) is 0 Å². The molecule has 0 unspecified atom stereocenters. The molecule has 0 radical (unpaired) electrons. The average Bonchev–Trinajstić information content (AvgIpc) is 2.56. The number of amides is 1. The topological polar surface area (TPSA) is 79.4 Å². The smallest absolute Gasteiger partial charge is 0.223 e. The third-order valence-corrected chi connectivity index (χ3v) is 1.79. The number of thiocarbonyl (C=S) groups is 1. The molecule has 0 aliphatic carbocycles. The summed E-state index contributed by atoms with van der Waals surface area (Å²) in [5.41, 5.74) is 5.53. The fourth-order valence-electron chi connectivity index (χ4n) is 1.14. The fraction of sp³-hybridized carbons (Fsp3) is 0.625. The Balaban J connectivity index is 0.000000791. The van der Waals surface area contributed by atoms with Crippen LogP contribution in [0.15, 0.2) is 0 Å². The second kappa shape index (κ2) is 7.40. The number of carbonyl (C=O) groups excluding carboxylic acids is 1. The molecule has 0 atom stereocenters. The summed E-state index contributed by atoms with van der Waals surface area (Å²) >= 11 is 4.41. The molecule has 1 saturated heterocycles. The summed E-state index contributed by atoms with van der Waals surface area (Å²) in [6, 6.07) is 0. The van der Waals surface area contributed by atoms with Crippen LogP contribution in [0, 0.1) is 5.41 Å². The second-order valence-corrected chi connectivity index (χ2v) is 2.75. The van der Waals surface area contributed by atoms with Crippen LogP contribution in [-0.4, -0.2) is 42.4 Å². The molecule has 0 spiro atoms. The zero-order valence-corrected chi connectivity index (χ0v) is 8.97. The van der Waals surface area contributed by atoms with Crippen LogP contribution in [0.3, 0.4) is 0 Å². The molecule has 0 aromatic carbocycles. The first-order valence-corrected chi connectivity index (χ1v) is 4.74. The lowest BCUT2D eigenvalue weighted by Gasteiger charge is -2.14. The first-order chi connectivity index (χ1) is 6.74. The van der Waals surface area contributed by atoms with Gasteiger partial charge < -0.3 is 15.4 Å². The molecule has 1 heterocycles. The first kappa shape index (κ1) is 13.0. The lowest BCUT2D eigenvalue weighted by Crippen LogP contribution is -2.31. The Labute approximate surface area is 88.7 Å². The highest BCUT2D eigenvalue weighted by Crippen LogP contribution is 2.08. The summed E-state index contributed by atoms with van der Waals surface area (Å²) in [6.07, 6.45) is 1.47. The summed E-state index contributed by atoms with van der Waals surface area (Å²) in [5.74, 6) is 0.118. The Morgan fingerprint density at radius 1 is 1.79 bits per heavy atom. The SMILES string of the molecule is CN.N=C(CN1CCCC1=O)OC=S. The number of ether oxygens (including phenoxy) is 1. The van der Waals surface area contributed by atoms with Crippen molar-refractivity contribution >= 4 is 29.6 Å². The maximum Gasteiger partial charge on any atom is 0.223 e. The van der Waals surface area contributed by atoms with E-state index in [1.54, 1.807) is 4.90 Å². The van der Waals surface area contributed by atoms with Crippen LogP contribution >= 0.6 is 12.2 Å². The minimum Gasteiger partial charge on any atom is -0.438 e. The minimum absolute atomic E-state index is 0.0280. The molecule has 0 aromatic rings. The van der Waals surface area contributed by atoms with E-state index < -0.39 is 0 Å². The van der Waals surface area contributed by atoms with E-state index in [0.29, 0.717) is 6.42 Å². The summed E-state index contributed by atoms with van der Waals surface area (Å²) in [4.78, 5) is 12.6. The number of nitrogens with two attached hydrogens (primary N) is 1. The van der Waals surface area contributed by atoms with E-state index in [-0.39, 0.29) is 18.3 Å². The predicted octanol–water partition coefficient (Wildman–Crippen LogP) is 0.135. The summed E-state index contributed by atoms with van der Waals surface area (Å²) < 4.78 is 4.63. The molecular formula is C8H15N3O2S. The van der Waals surface area contributed by atoms with E-state index in [0.717, 1.165) is 18.5 Å². The highest BCUT2D eigenvalue weighted by molar-refractivity contribution is 7.78. The quantitative estimate of drug-likeness (QED) is 0.400. The molecule has 14 heavy (non-hydrogen) atoms. The normalized spacial score (nSPS) is 14.4. The van der Waals surface area contributed by atoms with E-state index in [9.17, 15) is 4.79 Å². The largest absolute Gasteiger partial charge is 0.438 e. The van der Waals surface area contributed by atoms with Gasteiger partial charge in [-0.2, -0.15) is 0 Å². The number of likely N-dealkylation sites (tertiary alicyclic amines) is 1. The van der Waals surface area contributed by atoms with Gasteiger partial charge in [-0.05, 0) is 25.7 Å². The van der Waals surface area contributed by atoms with Crippen molar-refractivity contribution in [2.45, 2.75) is 12.8 Å². The van der Waals surface area contributed by atoms with Gasteiger partial charge in [-0.1, -0.05) is 0 Å². The summed E-state index contributed by atoms with van der Waals surface area (Å²) in [6.45, 7) is 0.966. The first-order valence-electron chi connectivity index (χ1n) is 4.27. The van der Waals surface area contributed by atoms with Crippen LogP contribution in [0.4, 0.5) is 0 Å². The van der Waals surface area contributed by atoms with Crippen molar-refractivity contribution in [1.29, 1.82) is 5.41 Å². The van der Waals surface area contributed by atoms with Crippen LogP contribution in [0.1, 0.15) is 12.8 Å². The van der Waals surface area contributed by atoms with Gasteiger partial charge in [0.1, 0.15) is 0 Å². The molecule has 1 aliphatic rings. The van der Waals surface area contributed by atoms with Gasteiger partial charge in [0.05, 0.1) is 6.54 Å². The third-order valence-electron chi connectivity index (χ3n) is 1.70. The zero-order chi connectivity index (χ0) is 11.0. The molecule has 0 bridgehead atoms. The van der Waals surface area contributed by atoms with Crippen molar-refractivity contribution in [3.05, 3.63) is 0 Å². The molecule has 6 heteroatoms. The molecule has 1 rings (SSSR count). The number of nitrogens with one attached hydrogen (secondary N) is 1. The van der Waals surface area contributed by atoms with Gasteiger partial charge in [0.15, 0.2) is 5.55 Å². The van der Waals surface area contributed by atoms with Crippen molar-refractivity contribution in [3.63, 3.8) is 0 Å². The van der Waals surface area contributed by atoms with Crippen LogP contribution in [0.25, 0.3) is 0 Å². The van der Waals surface area contributed by atoms with Crippen molar-refractivity contribution < 1.29 is 9.53 Å². The van der Waals surface area contributed by atoms with Crippen LogP contribution < -0.4 is 5.73 Å². The highest BCUT2D eigenvalue weighted by atomic mass is 32.1. The Kier molecular flexibility index (Phi) is 6.87. The van der Waals surface area contributed by atoms with Gasteiger partial charge in [0, 0.05) is 13.0 Å². The Morgan fingerprint density at radius 2 is 2.43 bits per heavy atom. The summed E-state index contributed by atoms with van der Waals surface area (Å²) in [7, 11) is 1.50. The average molecular weight is 217 g/mol. The maximum absolute atomic E-state index is 11.1. The number of carbonyl (C=O) groups is 1. The van der Waals surface area contributed by atoms with Crippen molar-refractivity contribution in [3.8, 4) is 0 Å². The number of hydrogen-bond acceptors (Lipinski definition) is 5. The maximum atomic E-state index is 11.1. The zero-order valence-electron chi connectivity index (χ0n) is 8.16. The van der Waals surface area contributed by atoms with Gasteiger partial charge in [-0.25, -0.2) is 0 Å². The highest BCUT2D eigenvalue weighted by Gasteiger charge is 2.21. The van der Waals surface area contributed by atoms with E-state index in [4.69, 9.17) is 5.41 Å². The van der Waals surface area contributed by atoms with Crippen LogP contribution in [-0.2, 0) is 9.53 Å². The van der Waals surface area contributed by atoms with Crippen LogP contribution in [0.5, 0.6) is 0 Å². The van der Waals surface area contributed by atoms with E-state index in [1.165, 1.54) is 7.05 Å². The standard InChI is InChI=1S/C7H10N2O2S.CH5N/c8-6(11-5-12)4-9-3-1-2-7(9)10;1-2/h5,8H,1-4H2;2H2,1H3. The Morgan fingerprint density at radius 3 is 2.86 bits per heavy atom. The number of hydrogen-bond donors (Lipinski definition) is 2. The molecule has 5 nitrogen and oxygen atoms in total. The van der Waals surface area contributed by atoms with Crippen molar-refractivity contribution in [1.82, 2.24) is 4.90 Å². The lowest BCUT2D eigenvalue weighted by atomic mass is 10.4. The molecule has 1 aliphatic heterocycles. The van der Waals surface area contributed by atoms with E-state index in [2.05, 4.69) is 22.7 Å². The Bertz CT molecular complexity index is 221. The second-order valence-electron chi connectivity index (χ2n) is 2.56. The van der Waals surface area contributed by atoms with Gasteiger partial charge in [0.25, 0.3) is 0 Å². The molecule has 3 N–H and O–H groups in total. The molecule has 1 fully saturated rings. The van der Waals surface area contributed by atoms with Crippen molar-refractivity contribution in [2.24, 2.45) is 5.73 Å². The fourth-order valence-corrected chi connectivity index (χ4v) is 1.26. The van der Waals surface area contributed by atoms with E-state index >= 15 is 0 Å². The summed E-state index contributed by atoms with van der Waals surface area (Å²) in [5, 5.41) is 7.23. The number of nitrogens with zero attached hydrogens (tertiary/aromatic N) is 1. The molecular weight excluding hydrogens is 202 g/mol. The predicted molar refractivity (Wildman–Crippen MR) is 58.4 cm³/mol. The molecule has 80 valence electrons. The molecule has 1 amide bonds. The molecule has 0 saturated carbocycles. The number of rotatable bonds is 3. The third kappa shape index (κ3) is 4.29. The van der Waals surface area contributed by atoms with Gasteiger partial charge >= 0.3 is 0 Å². The Hall–Kier alpha value is -1.01. The minimum atomic E-state index is 0.0280. The van der Waals surface area contributed by atoms with Gasteiger partial charge in [0.2, 0.25) is 11.8 Å². The van der Waals surface area contributed by atoms with Crippen LogP contribution in [0.2, 0.25) is 0 Å². The lowest BCUT2D eigenvalue weighted by molar-refractivity contribution is -0.127. The monoisotopic (exact) mass is 217 g/mol.